The normalized spacial score (nSPS) is 19.3. The average molecular weight is 445 g/mol. The fourth-order valence-corrected chi connectivity index (χ4v) is 4.14. The fraction of sp³-hybridized carbons (Fsp3) is 0.480. The summed E-state index contributed by atoms with van der Waals surface area (Å²) >= 11 is 0. The molecule has 0 aromatic heterocycles. The second kappa shape index (κ2) is 10.7. The molecular formula is C25H33FN2O4. The number of rotatable bonds is 7. The number of carbonyl (C=O) groups is 1. The molecule has 7 heteroatoms. The van der Waals surface area contributed by atoms with E-state index in [9.17, 15) is 9.18 Å². The molecule has 0 radical (unpaired) electrons. The Labute approximate surface area is 189 Å². The van der Waals surface area contributed by atoms with Crippen molar-refractivity contribution >= 4 is 17.5 Å². The smallest absolute Gasteiger partial charge is 0.414 e. The number of hydrogen-bond donors (Lipinski definition) is 0. The van der Waals surface area contributed by atoms with Crippen molar-refractivity contribution in [3.8, 4) is 5.75 Å². The lowest BCUT2D eigenvalue weighted by Gasteiger charge is -2.29. The molecule has 2 aliphatic heterocycles. The lowest BCUT2D eigenvalue weighted by Crippen LogP contribution is -2.36. The highest BCUT2D eigenvalue weighted by Crippen LogP contribution is 2.30. The monoisotopic (exact) mass is 444 g/mol. The van der Waals surface area contributed by atoms with E-state index in [1.165, 1.54) is 16.5 Å². The molecule has 0 spiro atoms. The molecule has 0 aliphatic carbocycles. The van der Waals surface area contributed by atoms with E-state index in [-0.39, 0.29) is 19.3 Å². The first-order valence-corrected chi connectivity index (χ1v) is 10.8. The number of benzene rings is 2. The van der Waals surface area contributed by atoms with E-state index >= 15 is 0 Å². The Hall–Kier alpha value is -2.80. The summed E-state index contributed by atoms with van der Waals surface area (Å²) in [6, 6.07) is 13.0. The van der Waals surface area contributed by atoms with Gasteiger partial charge in [0.2, 0.25) is 0 Å². The Morgan fingerprint density at radius 2 is 1.88 bits per heavy atom. The van der Waals surface area contributed by atoms with Gasteiger partial charge in [-0.05, 0) is 54.7 Å². The zero-order valence-electron chi connectivity index (χ0n) is 18.1. The van der Waals surface area contributed by atoms with Gasteiger partial charge in [0, 0.05) is 13.1 Å². The summed E-state index contributed by atoms with van der Waals surface area (Å²) in [5, 5.41) is 0. The summed E-state index contributed by atoms with van der Waals surface area (Å²) in [5.41, 5.74) is 2.30. The van der Waals surface area contributed by atoms with E-state index in [4.69, 9.17) is 14.2 Å². The molecule has 0 bridgehead atoms. The van der Waals surface area contributed by atoms with E-state index in [1.54, 1.807) is 19.2 Å². The summed E-state index contributed by atoms with van der Waals surface area (Å²) < 4.78 is 30.8. The molecule has 174 valence electrons. The van der Waals surface area contributed by atoms with Gasteiger partial charge in [-0.15, -0.1) is 0 Å². The Balaban J connectivity index is 0.00000289. The minimum Gasteiger partial charge on any atom is -0.497 e. The fourth-order valence-electron chi connectivity index (χ4n) is 4.14. The van der Waals surface area contributed by atoms with E-state index in [0.29, 0.717) is 50.1 Å². The van der Waals surface area contributed by atoms with E-state index < -0.39 is 6.09 Å². The molecule has 2 fully saturated rings. The van der Waals surface area contributed by atoms with Crippen molar-refractivity contribution in [2.24, 2.45) is 0 Å². The number of anilines is 2. The van der Waals surface area contributed by atoms with Crippen molar-refractivity contribution in [3.63, 3.8) is 0 Å². The zero-order chi connectivity index (χ0) is 21.8. The summed E-state index contributed by atoms with van der Waals surface area (Å²) in [7, 11) is 1.65. The van der Waals surface area contributed by atoms with E-state index in [1.807, 2.05) is 17.0 Å². The van der Waals surface area contributed by atoms with Crippen molar-refractivity contribution in [2.45, 2.75) is 39.2 Å². The van der Waals surface area contributed by atoms with Gasteiger partial charge in [0.05, 0.1) is 38.2 Å². The van der Waals surface area contributed by atoms with Crippen LogP contribution in [0.3, 0.4) is 0 Å². The molecule has 4 rings (SSSR count). The Kier molecular flexibility index (Phi) is 7.96. The predicted molar refractivity (Wildman–Crippen MR) is 124 cm³/mol. The van der Waals surface area contributed by atoms with Gasteiger partial charge in [-0.3, -0.25) is 4.90 Å². The number of carbonyl (C=O) groups excluding carboxylic acids is 1. The lowest BCUT2D eigenvalue weighted by atomic mass is 9.95. The second-order valence-corrected chi connectivity index (χ2v) is 8.10. The molecule has 0 N–H and O–H groups in total. The second-order valence-electron chi connectivity index (χ2n) is 8.10. The van der Waals surface area contributed by atoms with Gasteiger partial charge in [-0.25, -0.2) is 9.18 Å². The highest BCUT2D eigenvalue weighted by molar-refractivity contribution is 5.90. The molecule has 2 aromatic rings. The molecule has 2 atom stereocenters. The first-order chi connectivity index (χ1) is 15.0. The van der Waals surface area contributed by atoms with Crippen LogP contribution in [0.15, 0.2) is 42.5 Å². The largest absolute Gasteiger partial charge is 0.497 e. The Morgan fingerprint density at radius 3 is 2.53 bits per heavy atom. The maximum atomic E-state index is 14.7. The third-order valence-corrected chi connectivity index (χ3v) is 6.08. The van der Waals surface area contributed by atoms with Crippen LogP contribution in [0.4, 0.5) is 20.6 Å². The van der Waals surface area contributed by atoms with Crippen LogP contribution in [0.25, 0.3) is 0 Å². The summed E-state index contributed by atoms with van der Waals surface area (Å²) in [4.78, 5) is 15.9. The molecule has 2 aliphatic rings. The van der Waals surface area contributed by atoms with Crippen LogP contribution in [0.1, 0.15) is 38.7 Å². The molecule has 6 nitrogen and oxygen atoms in total. The molecule has 0 unspecified atom stereocenters. The van der Waals surface area contributed by atoms with Gasteiger partial charge in [0.1, 0.15) is 17.7 Å². The van der Waals surface area contributed by atoms with Crippen LogP contribution >= 0.6 is 0 Å². The number of ether oxygens (including phenoxy) is 3. The SMILES string of the molecule is C.COc1ccc([C@H](C)CC[C@@H]2CN(c3ccc(N4CCOCC4)c(F)c3)C(=O)O2)cc1. The number of cyclic esters (lactones) is 1. The molecule has 2 heterocycles. The zero-order valence-corrected chi connectivity index (χ0v) is 18.1. The van der Waals surface area contributed by atoms with Crippen LogP contribution in [-0.2, 0) is 9.47 Å². The summed E-state index contributed by atoms with van der Waals surface area (Å²) in [6.07, 6.45) is 1.03. The quantitative estimate of drug-likeness (QED) is 0.586. The van der Waals surface area contributed by atoms with Gasteiger partial charge in [-0.2, -0.15) is 0 Å². The molecule has 0 saturated carbocycles. The minimum atomic E-state index is -0.416. The first-order valence-electron chi connectivity index (χ1n) is 10.8. The van der Waals surface area contributed by atoms with Crippen LogP contribution in [0.2, 0.25) is 0 Å². The van der Waals surface area contributed by atoms with Crippen molar-refractivity contribution in [3.05, 3.63) is 53.8 Å². The van der Waals surface area contributed by atoms with Crippen molar-refractivity contribution in [1.29, 1.82) is 0 Å². The maximum Gasteiger partial charge on any atom is 0.414 e. The molecule has 1 amide bonds. The number of amides is 1. The first kappa shape index (κ1) is 23.9. The maximum absolute atomic E-state index is 14.7. The summed E-state index contributed by atoms with van der Waals surface area (Å²) in [6.45, 7) is 5.11. The highest BCUT2D eigenvalue weighted by Gasteiger charge is 2.33. The van der Waals surface area contributed by atoms with E-state index in [2.05, 4.69) is 19.1 Å². The van der Waals surface area contributed by atoms with Crippen molar-refractivity contribution < 1.29 is 23.4 Å². The number of halogens is 1. The number of methoxy groups -OCH3 is 1. The van der Waals surface area contributed by atoms with Crippen LogP contribution in [0.5, 0.6) is 5.75 Å². The van der Waals surface area contributed by atoms with Gasteiger partial charge >= 0.3 is 6.09 Å². The number of nitrogens with zero attached hydrogens (tertiary/aromatic N) is 2. The Bertz CT molecular complexity index is 899. The van der Waals surface area contributed by atoms with Crippen molar-refractivity contribution in [2.75, 3.05) is 49.8 Å². The number of hydrogen-bond acceptors (Lipinski definition) is 5. The summed E-state index contributed by atoms with van der Waals surface area (Å²) in [5.74, 6) is 0.843. The Morgan fingerprint density at radius 1 is 1.16 bits per heavy atom. The third-order valence-electron chi connectivity index (χ3n) is 6.08. The predicted octanol–water partition coefficient (Wildman–Crippen LogP) is 5.22. The van der Waals surface area contributed by atoms with Crippen molar-refractivity contribution in [1.82, 2.24) is 0 Å². The van der Waals surface area contributed by atoms with E-state index in [0.717, 1.165) is 18.6 Å². The molecule has 2 saturated heterocycles. The minimum absolute atomic E-state index is 0. The van der Waals surface area contributed by atoms with Crippen LogP contribution in [-0.4, -0.2) is 52.2 Å². The third kappa shape index (κ3) is 5.33. The molecular weight excluding hydrogens is 411 g/mol. The van der Waals surface area contributed by atoms with Crippen LogP contribution in [0, 0.1) is 5.82 Å². The number of morpholine rings is 1. The molecule has 32 heavy (non-hydrogen) atoms. The van der Waals surface area contributed by atoms with Crippen LogP contribution < -0.4 is 14.5 Å². The van der Waals surface area contributed by atoms with Gasteiger partial charge in [0.15, 0.2) is 0 Å². The van der Waals surface area contributed by atoms with Gasteiger partial charge < -0.3 is 19.1 Å². The lowest BCUT2D eigenvalue weighted by molar-refractivity contribution is 0.122. The topological polar surface area (TPSA) is 51.2 Å². The van der Waals surface area contributed by atoms with Gasteiger partial charge in [-0.1, -0.05) is 26.5 Å². The molecule has 2 aromatic carbocycles. The average Bonchev–Trinajstić information content (AvgIpc) is 3.18. The van der Waals surface area contributed by atoms with Gasteiger partial charge in [0.25, 0.3) is 0 Å². The standard InChI is InChI=1S/C24H29FN2O4.CH4/c1-17(18-4-8-20(29-2)9-5-18)3-7-21-16-27(24(28)31-21)19-6-10-23(22(25)15-19)26-11-13-30-14-12-26;/h4-6,8-10,15,17,21H,3,7,11-14,16H2,1-2H3;1H4/t17-,21-;/m1./s1. The highest BCUT2D eigenvalue weighted by atomic mass is 19.1.